The van der Waals surface area contributed by atoms with E-state index in [4.69, 9.17) is 5.73 Å². The van der Waals surface area contributed by atoms with E-state index in [0.717, 1.165) is 10.5 Å². The Kier molecular flexibility index (Phi) is 2.56. The van der Waals surface area contributed by atoms with Gasteiger partial charge >= 0.3 is 0 Å². The molecule has 0 bridgehead atoms. The van der Waals surface area contributed by atoms with E-state index in [-0.39, 0.29) is 5.95 Å². The quantitative estimate of drug-likeness (QED) is 0.788. The summed E-state index contributed by atoms with van der Waals surface area (Å²) < 4.78 is 3.48. The lowest BCUT2D eigenvalue weighted by Gasteiger charge is -1.96. The van der Waals surface area contributed by atoms with Crippen molar-refractivity contribution in [2.75, 3.05) is 5.73 Å². The second-order valence-corrected chi connectivity index (χ2v) is 5.30. The van der Waals surface area contributed by atoms with Crippen LogP contribution in [-0.4, -0.2) is 19.7 Å². The highest BCUT2D eigenvalue weighted by atomic mass is 79.9. The third-order valence-corrected chi connectivity index (χ3v) is 3.87. The molecule has 0 atom stereocenters. The van der Waals surface area contributed by atoms with Gasteiger partial charge in [-0.25, -0.2) is 9.67 Å². The van der Waals surface area contributed by atoms with Gasteiger partial charge in [-0.05, 0) is 28.1 Å². The van der Waals surface area contributed by atoms with Crippen molar-refractivity contribution in [3.8, 4) is 0 Å². The smallest absolute Gasteiger partial charge is 0.240 e. The Hall–Kier alpha value is -1.47. The van der Waals surface area contributed by atoms with Crippen LogP contribution in [0.2, 0.25) is 0 Å². The van der Waals surface area contributed by atoms with Crippen molar-refractivity contribution < 1.29 is 0 Å². The largest absolute Gasteiger partial charge is 0.366 e. The van der Waals surface area contributed by atoms with Gasteiger partial charge in [0.25, 0.3) is 0 Å². The number of fused-ring (bicyclic) bond motifs is 1. The molecule has 0 spiro atoms. The summed E-state index contributed by atoms with van der Waals surface area (Å²) in [6, 6.07) is 8.05. The first-order valence-corrected chi connectivity index (χ1v) is 6.53. The van der Waals surface area contributed by atoms with Crippen LogP contribution in [0.25, 0.3) is 10.2 Å². The monoisotopic (exact) mass is 309 g/mol. The molecule has 0 saturated carbocycles. The molecule has 0 aliphatic rings. The predicted molar refractivity (Wildman–Crippen MR) is 70.9 cm³/mol. The Morgan fingerprint density at radius 1 is 1.29 bits per heavy atom. The number of aromatic nitrogens is 4. The Bertz CT molecular complexity index is 641. The summed E-state index contributed by atoms with van der Waals surface area (Å²) in [5, 5.41) is 5.06. The molecule has 2 aromatic heterocycles. The second kappa shape index (κ2) is 4.08. The molecular formula is C10H8BrN5S. The van der Waals surface area contributed by atoms with Crippen LogP contribution in [0.4, 0.5) is 5.95 Å². The highest BCUT2D eigenvalue weighted by molar-refractivity contribution is 9.10. The van der Waals surface area contributed by atoms with Crippen molar-refractivity contribution in [2.45, 2.75) is 6.54 Å². The van der Waals surface area contributed by atoms with E-state index >= 15 is 0 Å². The number of nitrogens with two attached hydrogens (primary N) is 1. The Morgan fingerprint density at radius 3 is 2.82 bits per heavy atom. The standard InChI is InChI=1S/C10H8BrN5S/c11-9-14-10(12)15-16(9)5-8-13-6-3-1-2-4-7(6)17-8/h1-4H,5H2,(H2,12,15). The number of hydrogen-bond donors (Lipinski definition) is 1. The first kappa shape index (κ1) is 10.7. The van der Waals surface area contributed by atoms with Crippen LogP contribution in [0.5, 0.6) is 0 Å². The summed E-state index contributed by atoms with van der Waals surface area (Å²) in [4.78, 5) is 8.51. The van der Waals surface area contributed by atoms with Crippen LogP contribution < -0.4 is 5.73 Å². The fraction of sp³-hybridized carbons (Fsp3) is 0.100. The fourth-order valence-electron chi connectivity index (χ4n) is 1.56. The Morgan fingerprint density at radius 2 is 2.12 bits per heavy atom. The number of thiazole rings is 1. The minimum Gasteiger partial charge on any atom is -0.366 e. The second-order valence-electron chi connectivity index (χ2n) is 3.47. The summed E-state index contributed by atoms with van der Waals surface area (Å²) in [6.45, 7) is 0.574. The molecule has 3 rings (SSSR count). The zero-order valence-corrected chi connectivity index (χ0v) is 11.1. The van der Waals surface area contributed by atoms with Gasteiger partial charge in [0, 0.05) is 0 Å². The number of para-hydroxylation sites is 1. The zero-order chi connectivity index (χ0) is 11.8. The first-order chi connectivity index (χ1) is 8.22. The lowest BCUT2D eigenvalue weighted by atomic mass is 10.3. The number of benzene rings is 1. The number of rotatable bonds is 2. The van der Waals surface area contributed by atoms with Gasteiger partial charge in [0.15, 0.2) is 4.73 Å². The topological polar surface area (TPSA) is 69.6 Å². The van der Waals surface area contributed by atoms with Crippen molar-refractivity contribution in [1.82, 2.24) is 19.7 Å². The molecule has 1 aromatic carbocycles. The molecule has 3 aromatic rings. The minimum absolute atomic E-state index is 0.262. The molecule has 0 aliphatic carbocycles. The summed E-state index contributed by atoms with van der Waals surface area (Å²) >= 11 is 4.95. The Labute approximate surface area is 109 Å². The van der Waals surface area contributed by atoms with Gasteiger partial charge in [0.1, 0.15) is 5.01 Å². The van der Waals surface area contributed by atoms with Gasteiger partial charge in [0.2, 0.25) is 5.95 Å². The molecule has 2 heterocycles. The van der Waals surface area contributed by atoms with Gasteiger partial charge in [0.05, 0.1) is 16.8 Å². The van der Waals surface area contributed by atoms with Crippen LogP contribution in [0.1, 0.15) is 5.01 Å². The molecule has 7 heteroatoms. The van der Waals surface area contributed by atoms with Gasteiger partial charge < -0.3 is 5.73 Å². The molecule has 0 fully saturated rings. The summed E-state index contributed by atoms with van der Waals surface area (Å²) in [6.07, 6.45) is 0. The molecular weight excluding hydrogens is 302 g/mol. The molecule has 86 valence electrons. The van der Waals surface area contributed by atoms with Crippen LogP contribution in [0, 0.1) is 0 Å². The van der Waals surface area contributed by atoms with Crippen molar-refractivity contribution in [2.24, 2.45) is 0 Å². The van der Waals surface area contributed by atoms with Crippen molar-refractivity contribution in [3.63, 3.8) is 0 Å². The average Bonchev–Trinajstić information content (AvgIpc) is 2.82. The zero-order valence-electron chi connectivity index (χ0n) is 8.67. The highest BCUT2D eigenvalue weighted by Gasteiger charge is 2.08. The number of halogens is 1. The van der Waals surface area contributed by atoms with Gasteiger partial charge in [-0.2, -0.15) is 4.98 Å². The molecule has 0 amide bonds. The summed E-state index contributed by atoms with van der Waals surface area (Å²) in [5.41, 5.74) is 6.53. The van der Waals surface area contributed by atoms with Gasteiger partial charge in [-0.3, -0.25) is 0 Å². The number of nitrogens with zero attached hydrogens (tertiary/aromatic N) is 4. The number of hydrogen-bond acceptors (Lipinski definition) is 5. The van der Waals surface area contributed by atoms with E-state index in [0.29, 0.717) is 11.3 Å². The Balaban J connectivity index is 1.97. The maximum absolute atomic E-state index is 5.52. The highest BCUT2D eigenvalue weighted by Crippen LogP contribution is 2.22. The first-order valence-electron chi connectivity index (χ1n) is 4.92. The maximum Gasteiger partial charge on any atom is 0.240 e. The minimum atomic E-state index is 0.262. The molecule has 0 aliphatic heterocycles. The van der Waals surface area contributed by atoms with Gasteiger partial charge in [-0.1, -0.05) is 12.1 Å². The van der Waals surface area contributed by atoms with E-state index < -0.39 is 0 Å². The molecule has 2 N–H and O–H groups in total. The van der Waals surface area contributed by atoms with E-state index in [1.54, 1.807) is 16.0 Å². The van der Waals surface area contributed by atoms with Crippen LogP contribution >= 0.6 is 27.3 Å². The lowest BCUT2D eigenvalue weighted by Crippen LogP contribution is -2.02. The van der Waals surface area contributed by atoms with Crippen LogP contribution in [-0.2, 0) is 6.54 Å². The SMILES string of the molecule is Nc1nc(Br)n(Cc2nc3ccccc3s2)n1. The number of nitrogen functional groups attached to an aromatic ring is 1. The van der Waals surface area contributed by atoms with E-state index in [9.17, 15) is 0 Å². The number of anilines is 1. The molecule has 0 radical (unpaired) electrons. The third kappa shape index (κ3) is 2.03. The predicted octanol–water partition coefficient (Wildman–Crippen LogP) is 2.28. The summed E-state index contributed by atoms with van der Waals surface area (Å²) in [7, 11) is 0. The maximum atomic E-state index is 5.52. The molecule has 5 nitrogen and oxygen atoms in total. The van der Waals surface area contributed by atoms with Crippen LogP contribution in [0.15, 0.2) is 29.0 Å². The summed E-state index contributed by atoms with van der Waals surface area (Å²) in [5.74, 6) is 0.262. The third-order valence-electron chi connectivity index (χ3n) is 2.27. The fourth-order valence-corrected chi connectivity index (χ4v) is 2.89. The van der Waals surface area contributed by atoms with Gasteiger partial charge in [-0.15, -0.1) is 16.4 Å². The molecule has 0 saturated heterocycles. The van der Waals surface area contributed by atoms with E-state index in [1.807, 2.05) is 18.2 Å². The van der Waals surface area contributed by atoms with Crippen molar-refractivity contribution in [1.29, 1.82) is 0 Å². The van der Waals surface area contributed by atoms with Crippen molar-refractivity contribution in [3.05, 3.63) is 34.0 Å². The normalized spacial score (nSPS) is 11.1. The van der Waals surface area contributed by atoms with E-state index in [2.05, 4.69) is 37.1 Å². The van der Waals surface area contributed by atoms with Crippen LogP contribution in [0.3, 0.4) is 0 Å². The van der Waals surface area contributed by atoms with Crippen molar-refractivity contribution >= 4 is 43.4 Å². The molecule has 0 unspecified atom stereocenters. The van der Waals surface area contributed by atoms with E-state index in [1.165, 1.54) is 4.70 Å². The lowest BCUT2D eigenvalue weighted by molar-refractivity contribution is 0.668. The average molecular weight is 310 g/mol. The molecule has 17 heavy (non-hydrogen) atoms.